The van der Waals surface area contributed by atoms with Gasteiger partial charge in [-0.2, -0.15) is 4.98 Å². The lowest BCUT2D eigenvalue weighted by molar-refractivity contribution is -0.145. The van der Waals surface area contributed by atoms with Gasteiger partial charge >= 0.3 is 0 Å². The first-order valence-electron chi connectivity index (χ1n) is 9.91. The summed E-state index contributed by atoms with van der Waals surface area (Å²) in [6.07, 6.45) is 2.39. The number of nitrogens with two attached hydrogens (primary N) is 1. The second-order valence-electron chi connectivity index (χ2n) is 7.55. The molecule has 1 saturated heterocycles. The highest BCUT2D eigenvalue weighted by atomic mass is 35.5. The number of ether oxygens (including phenoxy) is 1. The van der Waals surface area contributed by atoms with E-state index in [2.05, 4.69) is 24.8 Å². The molecule has 0 radical (unpaired) electrons. The molecule has 4 heterocycles. The monoisotopic (exact) mass is 424 g/mol. The zero-order chi connectivity index (χ0) is 20.7. The zero-order valence-corrected chi connectivity index (χ0v) is 17.0. The average molecular weight is 425 g/mol. The van der Waals surface area contributed by atoms with Crippen LogP contribution in [0.2, 0.25) is 5.15 Å². The number of hydrogen-bond donors (Lipinski definition) is 1. The molecule has 1 atom stereocenters. The lowest BCUT2D eigenvalue weighted by atomic mass is 9.96. The van der Waals surface area contributed by atoms with Gasteiger partial charge in [-0.05, 0) is 30.2 Å². The molecule has 0 amide bonds. The van der Waals surface area contributed by atoms with Crippen molar-refractivity contribution in [2.24, 2.45) is 0 Å². The van der Waals surface area contributed by atoms with Crippen LogP contribution in [-0.2, 0) is 11.2 Å². The van der Waals surface area contributed by atoms with E-state index in [0.29, 0.717) is 54.6 Å². The standard InChI is InChI=1S/C21H21ClN6O2/c22-17-6-5-15-18(25-17)19(26-20(23)24-15)27-9-11-28(12-10-27)21(13-29)8-7-14-3-1-2-4-16(14)30-21/h1-6,13H,7-12H2,(H2,23,24,26). The number of aldehydes is 1. The Morgan fingerprint density at radius 1 is 1.07 bits per heavy atom. The Hall–Kier alpha value is -2.97. The molecule has 0 saturated carbocycles. The van der Waals surface area contributed by atoms with Gasteiger partial charge in [-0.1, -0.05) is 29.8 Å². The van der Waals surface area contributed by atoms with E-state index in [1.54, 1.807) is 12.1 Å². The summed E-state index contributed by atoms with van der Waals surface area (Å²) in [7, 11) is 0. The van der Waals surface area contributed by atoms with Gasteiger partial charge in [-0.3, -0.25) is 9.69 Å². The van der Waals surface area contributed by atoms with Gasteiger partial charge in [0.15, 0.2) is 12.1 Å². The summed E-state index contributed by atoms with van der Waals surface area (Å²) in [5.74, 6) is 1.64. The third-order valence-corrected chi connectivity index (χ3v) is 6.03. The van der Waals surface area contributed by atoms with Crippen molar-refractivity contribution >= 4 is 40.7 Å². The molecule has 2 aliphatic heterocycles. The van der Waals surface area contributed by atoms with Crippen LogP contribution in [0.4, 0.5) is 11.8 Å². The van der Waals surface area contributed by atoms with Crippen LogP contribution in [0.1, 0.15) is 12.0 Å². The summed E-state index contributed by atoms with van der Waals surface area (Å²) in [6, 6.07) is 11.4. The van der Waals surface area contributed by atoms with Crippen LogP contribution in [-0.4, -0.2) is 58.0 Å². The average Bonchev–Trinajstić information content (AvgIpc) is 2.78. The minimum Gasteiger partial charge on any atom is -0.465 e. The van der Waals surface area contributed by atoms with Crippen molar-refractivity contribution in [3.05, 3.63) is 47.1 Å². The molecule has 1 fully saturated rings. The summed E-state index contributed by atoms with van der Waals surface area (Å²) in [5.41, 5.74) is 7.39. The van der Waals surface area contributed by atoms with Crippen LogP contribution in [0.25, 0.3) is 11.0 Å². The normalized spacial score (nSPS) is 21.8. The Morgan fingerprint density at radius 3 is 2.67 bits per heavy atom. The Labute approximate surface area is 178 Å². The van der Waals surface area contributed by atoms with E-state index in [0.717, 1.165) is 24.0 Å². The van der Waals surface area contributed by atoms with Crippen molar-refractivity contribution in [3.8, 4) is 5.75 Å². The maximum Gasteiger partial charge on any atom is 0.222 e. The van der Waals surface area contributed by atoms with Crippen LogP contribution < -0.4 is 15.4 Å². The van der Waals surface area contributed by atoms with Gasteiger partial charge in [0.25, 0.3) is 0 Å². The number of aryl methyl sites for hydroxylation is 1. The Kier molecular flexibility index (Phi) is 4.67. The van der Waals surface area contributed by atoms with E-state index >= 15 is 0 Å². The fourth-order valence-electron chi connectivity index (χ4n) is 4.26. The largest absolute Gasteiger partial charge is 0.465 e. The second kappa shape index (κ2) is 7.37. The highest BCUT2D eigenvalue weighted by Crippen LogP contribution is 2.35. The van der Waals surface area contributed by atoms with Gasteiger partial charge in [-0.15, -0.1) is 0 Å². The smallest absolute Gasteiger partial charge is 0.222 e. The first kappa shape index (κ1) is 19.0. The molecule has 30 heavy (non-hydrogen) atoms. The van der Waals surface area contributed by atoms with Gasteiger partial charge in [0.1, 0.15) is 16.4 Å². The molecule has 2 N–H and O–H groups in total. The number of pyridine rings is 1. The summed E-state index contributed by atoms with van der Waals surface area (Å²) >= 11 is 6.09. The maximum atomic E-state index is 12.2. The fourth-order valence-corrected chi connectivity index (χ4v) is 4.40. The summed E-state index contributed by atoms with van der Waals surface area (Å²) in [6.45, 7) is 2.60. The first-order valence-corrected chi connectivity index (χ1v) is 10.3. The Morgan fingerprint density at radius 2 is 1.87 bits per heavy atom. The van der Waals surface area contributed by atoms with Gasteiger partial charge < -0.3 is 15.4 Å². The molecule has 8 nitrogen and oxygen atoms in total. The number of carbonyl (C=O) groups excluding carboxylic acids is 1. The Balaban J connectivity index is 1.39. The van der Waals surface area contributed by atoms with Gasteiger partial charge in [0, 0.05) is 32.6 Å². The number of aromatic nitrogens is 3. The number of anilines is 2. The molecule has 1 unspecified atom stereocenters. The molecular formula is C21H21ClN6O2. The van der Waals surface area contributed by atoms with Crippen molar-refractivity contribution < 1.29 is 9.53 Å². The van der Waals surface area contributed by atoms with Crippen molar-refractivity contribution in [2.75, 3.05) is 36.8 Å². The number of carbonyl (C=O) groups is 1. The van der Waals surface area contributed by atoms with Crippen LogP contribution >= 0.6 is 11.6 Å². The van der Waals surface area contributed by atoms with Crippen LogP contribution in [0.3, 0.4) is 0 Å². The number of piperazine rings is 1. The molecule has 3 aromatic rings. The number of benzene rings is 1. The van der Waals surface area contributed by atoms with Crippen molar-refractivity contribution in [1.82, 2.24) is 19.9 Å². The van der Waals surface area contributed by atoms with Crippen LogP contribution in [0.5, 0.6) is 5.75 Å². The predicted octanol–water partition coefficient (Wildman–Crippen LogP) is 2.30. The van der Waals surface area contributed by atoms with E-state index in [-0.39, 0.29) is 5.95 Å². The molecular weight excluding hydrogens is 404 g/mol. The molecule has 2 aliphatic rings. The van der Waals surface area contributed by atoms with Crippen molar-refractivity contribution in [2.45, 2.75) is 18.6 Å². The molecule has 1 aromatic carbocycles. The molecule has 5 rings (SSSR count). The SMILES string of the molecule is Nc1nc(N2CCN(C3(C=O)CCc4ccccc4O3)CC2)c2nc(Cl)ccc2n1. The minimum absolute atomic E-state index is 0.195. The summed E-state index contributed by atoms with van der Waals surface area (Å²) in [4.78, 5) is 29.5. The van der Waals surface area contributed by atoms with E-state index in [1.807, 2.05) is 24.3 Å². The number of rotatable bonds is 3. The Bertz CT molecular complexity index is 1120. The van der Waals surface area contributed by atoms with E-state index in [4.69, 9.17) is 22.1 Å². The first-order chi connectivity index (χ1) is 14.6. The van der Waals surface area contributed by atoms with E-state index in [1.165, 1.54) is 0 Å². The van der Waals surface area contributed by atoms with Gasteiger partial charge in [-0.25, -0.2) is 9.97 Å². The quantitative estimate of drug-likeness (QED) is 0.505. The number of nitrogen functional groups attached to an aromatic ring is 1. The van der Waals surface area contributed by atoms with Crippen LogP contribution in [0, 0.1) is 0 Å². The molecule has 0 bridgehead atoms. The maximum absolute atomic E-state index is 12.2. The molecule has 9 heteroatoms. The molecule has 2 aromatic heterocycles. The number of para-hydroxylation sites is 1. The lowest BCUT2D eigenvalue weighted by Gasteiger charge is -2.46. The fraction of sp³-hybridized carbons (Fsp3) is 0.333. The van der Waals surface area contributed by atoms with E-state index < -0.39 is 5.72 Å². The third-order valence-electron chi connectivity index (χ3n) is 5.82. The van der Waals surface area contributed by atoms with Crippen molar-refractivity contribution in [3.63, 3.8) is 0 Å². The molecule has 0 aliphatic carbocycles. The van der Waals surface area contributed by atoms with Gasteiger partial charge in [0.2, 0.25) is 11.7 Å². The lowest BCUT2D eigenvalue weighted by Crippen LogP contribution is -2.62. The predicted molar refractivity (Wildman–Crippen MR) is 115 cm³/mol. The molecule has 0 spiro atoms. The highest BCUT2D eigenvalue weighted by molar-refractivity contribution is 6.29. The second-order valence-corrected chi connectivity index (χ2v) is 7.94. The zero-order valence-electron chi connectivity index (χ0n) is 16.3. The third kappa shape index (κ3) is 3.22. The van der Waals surface area contributed by atoms with E-state index in [9.17, 15) is 4.79 Å². The number of hydrogen-bond acceptors (Lipinski definition) is 8. The number of halogens is 1. The molecule has 154 valence electrons. The number of nitrogens with zero attached hydrogens (tertiary/aromatic N) is 5. The van der Waals surface area contributed by atoms with Crippen molar-refractivity contribution in [1.29, 1.82) is 0 Å². The highest BCUT2D eigenvalue weighted by Gasteiger charge is 2.43. The number of fused-ring (bicyclic) bond motifs is 2. The minimum atomic E-state index is -0.936. The summed E-state index contributed by atoms with van der Waals surface area (Å²) in [5, 5.41) is 0.380. The van der Waals surface area contributed by atoms with Gasteiger partial charge in [0.05, 0.1) is 5.52 Å². The topological polar surface area (TPSA) is 97.5 Å². The van der Waals surface area contributed by atoms with Crippen LogP contribution in [0.15, 0.2) is 36.4 Å². The summed E-state index contributed by atoms with van der Waals surface area (Å²) < 4.78 is 6.22.